The molecule has 1 aromatic heterocycles. The zero-order valence-corrected chi connectivity index (χ0v) is 10.9. The molecule has 3 N–H and O–H groups in total. The number of nitrogen functional groups attached to an aromatic ring is 1. The standard InChI is InChI=1S/C13H20N4O/c1-13(2,17-8-6-15-7-9-17)11(18)10-4-3-5-16-12(10)14/h3-5,15H,6-9H2,1-2H3,(H2,14,16). The molecule has 1 aromatic rings. The third-order valence-corrected chi connectivity index (χ3v) is 3.55. The Hall–Kier alpha value is -1.46. The highest BCUT2D eigenvalue weighted by Crippen LogP contribution is 2.23. The van der Waals surface area contributed by atoms with Crippen LogP contribution in [0.25, 0.3) is 0 Å². The molecule has 0 bridgehead atoms. The van der Waals surface area contributed by atoms with Gasteiger partial charge in [0.05, 0.1) is 11.1 Å². The smallest absolute Gasteiger partial charge is 0.186 e. The number of anilines is 1. The number of ketones is 1. The first-order chi connectivity index (χ1) is 8.53. The van der Waals surface area contributed by atoms with E-state index in [-0.39, 0.29) is 5.78 Å². The molecule has 0 saturated carbocycles. The van der Waals surface area contributed by atoms with E-state index in [9.17, 15) is 4.79 Å². The molecule has 0 radical (unpaired) electrons. The number of hydrogen-bond donors (Lipinski definition) is 2. The summed E-state index contributed by atoms with van der Waals surface area (Å²) in [7, 11) is 0. The van der Waals surface area contributed by atoms with E-state index in [2.05, 4.69) is 15.2 Å². The summed E-state index contributed by atoms with van der Waals surface area (Å²) in [5.74, 6) is 0.348. The second-order valence-electron chi connectivity index (χ2n) is 5.06. The van der Waals surface area contributed by atoms with Crippen LogP contribution in [0.15, 0.2) is 18.3 Å². The minimum Gasteiger partial charge on any atom is -0.383 e. The Bertz CT molecular complexity index is 438. The predicted octanol–water partition coefficient (Wildman–Crippen LogP) is 0.530. The lowest BCUT2D eigenvalue weighted by molar-refractivity contribution is 0.0603. The molecule has 98 valence electrons. The molecule has 0 amide bonds. The normalized spacial score (nSPS) is 17.7. The Balaban J connectivity index is 2.24. The van der Waals surface area contributed by atoms with E-state index < -0.39 is 5.54 Å². The Kier molecular flexibility index (Phi) is 3.63. The molecule has 1 fully saturated rings. The fourth-order valence-electron chi connectivity index (χ4n) is 2.31. The van der Waals surface area contributed by atoms with Crippen LogP contribution < -0.4 is 11.1 Å². The van der Waals surface area contributed by atoms with Crippen molar-refractivity contribution in [2.75, 3.05) is 31.9 Å². The number of nitrogens with two attached hydrogens (primary N) is 1. The molecule has 0 spiro atoms. The number of rotatable bonds is 3. The van der Waals surface area contributed by atoms with Crippen LogP contribution in [0.2, 0.25) is 0 Å². The van der Waals surface area contributed by atoms with Gasteiger partial charge in [-0.25, -0.2) is 4.98 Å². The molecular weight excluding hydrogens is 228 g/mol. The van der Waals surface area contributed by atoms with Crippen molar-refractivity contribution in [2.45, 2.75) is 19.4 Å². The lowest BCUT2D eigenvalue weighted by Gasteiger charge is -2.40. The van der Waals surface area contributed by atoms with Crippen LogP contribution in [0.4, 0.5) is 5.82 Å². The Morgan fingerprint density at radius 1 is 1.44 bits per heavy atom. The van der Waals surface area contributed by atoms with Gasteiger partial charge in [-0.3, -0.25) is 9.69 Å². The maximum absolute atomic E-state index is 12.6. The molecule has 1 aliphatic heterocycles. The summed E-state index contributed by atoms with van der Waals surface area (Å²) in [5, 5.41) is 3.29. The number of aromatic nitrogens is 1. The van der Waals surface area contributed by atoms with Gasteiger partial charge in [0.1, 0.15) is 5.82 Å². The molecule has 5 heteroatoms. The first-order valence-electron chi connectivity index (χ1n) is 6.24. The van der Waals surface area contributed by atoms with Crippen LogP contribution in [0.1, 0.15) is 24.2 Å². The van der Waals surface area contributed by atoms with E-state index in [0.717, 1.165) is 26.2 Å². The van der Waals surface area contributed by atoms with Crippen LogP contribution >= 0.6 is 0 Å². The van der Waals surface area contributed by atoms with Gasteiger partial charge in [-0.15, -0.1) is 0 Å². The molecule has 0 atom stereocenters. The van der Waals surface area contributed by atoms with Gasteiger partial charge in [0.15, 0.2) is 5.78 Å². The first kappa shape index (κ1) is 13.0. The van der Waals surface area contributed by atoms with Gasteiger partial charge in [-0.05, 0) is 26.0 Å². The van der Waals surface area contributed by atoms with E-state index in [0.29, 0.717) is 11.4 Å². The third kappa shape index (κ3) is 2.37. The van der Waals surface area contributed by atoms with Crippen molar-refractivity contribution in [1.29, 1.82) is 0 Å². The highest BCUT2D eigenvalue weighted by atomic mass is 16.1. The Labute approximate surface area is 107 Å². The number of pyridine rings is 1. The van der Waals surface area contributed by atoms with Gasteiger partial charge >= 0.3 is 0 Å². The summed E-state index contributed by atoms with van der Waals surface area (Å²) in [6.45, 7) is 7.48. The van der Waals surface area contributed by atoms with Crippen molar-refractivity contribution in [3.8, 4) is 0 Å². The summed E-state index contributed by atoms with van der Waals surface area (Å²) in [6, 6.07) is 3.49. The molecular formula is C13H20N4O. The lowest BCUT2D eigenvalue weighted by Crippen LogP contribution is -2.57. The maximum Gasteiger partial charge on any atom is 0.186 e. The third-order valence-electron chi connectivity index (χ3n) is 3.55. The van der Waals surface area contributed by atoms with Crippen molar-refractivity contribution in [2.24, 2.45) is 0 Å². The molecule has 2 rings (SSSR count). The van der Waals surface area contributed by atoms with Gasteiger partial charge in [0.25, 0.3) is 0 Å². The molecule has 1 saturated heterocycles. The van der Waals surface area contributed by atoms with Crippen LogP contribution in [0.3, 0.4) is 0 Å². The highest BCUT2D eigenvalue weighted by Gasteiger charge is 2.36. The topological polar surface area (TPSA) is 71.2 Å². The second-order valence-corrected chi connectivity index (χ2v) is 5.06. The Morgan fingerprint density at radius 2 is 2.11 bits per heavy atom. The van der Waals surface area contributed by atoms with E-state index in [4.69, 9.17) is 5.73 Å². The molecule has 0 unspecified atom stereocenters. The zero-order valence-electron chi connectivity index (χ0n) is 10.9. The monoisotopic (exact) mass is 248 g/mol. The van der Waals surface area contributed by atoms with E-state index in [1.807, 2.05) is 13.8 Å². The summed E-state index contributed by atoms with van der Waals surface area (Å²) >= 11 is 0. The minimum absolute atomic E-state index is 0.0370. The fraction of sp³-hybridized carbons (Fsp3) is 0.538. The number of carbonyl (C=O) groups is 1. The molecule has 2 heterocycles. The molecule has 0 aliphatic carbocycles. The van der Waals surface area contributed by atoms with Crippen molar-refractivity contribution in [3.05, 3.63) is 23.9 Å². The highest BCUT2D eigenvalue weighted by molar-refractivity contribution is 6.05. The van der Waals surface area contributed by atoms with E-state index >= 15 is 0 Å². The predicted molar refractivity (Wildman–Crippen MR) is 71.5 cm³/mol. The quantitative estimate of drug-likeness (QED) is 0.764. The first-order valence-corrected chi connectivity index (χ1v) is 6.24. The van der Waals surface area contributed by atoms with E-state index in [1.54, 1.807) is 18.3 Å². The van der Waals surface area contributed by atoms with Crippen LogP contribution in [-0.4, -0.2) is 47.4 Å². The van der Waals surface area contributed by atoms with Gasteiger partial charge in [-0.2, -0.15) is 0 Å². The zero-order chi connectivity index (χ0) is 13.2. The van der Waals surface area contributed by atoms with Crippen molar-refractivity contribution < 1.29 is 4.79 Å². The molecule has 5 nitrogen and oxygen atoms in total. The van der Waals surface area contributed by atoms with Crippen LogP contribution in [-0.2, 0) is 0 Å². The number of nitrogens with zero attached hydrogens (tertiary/aromatic N) is 2. The van der Waals surface area contributed by atoms with Gasteiger partial charge in [0, 0.05) is 32.4 Å². The number of carbonyl (C=O) groups excluding carboxylic acids is 1. The maximum atomic E-state index is 12.6. The van der Waals surface area contributed by atoms with Crippen molar-refractivity contribution in [1.82, 2.24) is 15.2 Å². The number of Topliss-reactive ketones (excluding diaryl/α,β-unsaturated/α-hetero) is 1. The average molecular weight is 248 g/mol. The van der Waals surface area contributed by atoms with Crippen molar-refractivity contribution in [3.63, 3.8) is 0 Å². The fourth-order valence-corrected chi connectivity index (χ4v) is 2.31. The molecule has 1 aliphatic rings. The number of piperazine rings is 1. The minimum atomic E-state index is -0.542. The number of hydrogen-bond acceptors (Lipinski definition) is 5. The molecule has 18 heavy (non-hydrogen) atoms. The van der Waals surface area contributed by atoms with Crippen LogP contribution in [0.5, 0.6) is 0 Å². The van der Waals surface area contributed by atoms with Crippen LogP contribution in [0, 0.1) is 0 Å². The van der Waals surface area contributed by atoms with E-state index in [1.165, 1.54) is 0 Å². The lowest BCUT2D eigenvalue weighted by atomic mass is 9.91. The van der Waals surface area contributed by atoms with Gasteiger partial charge in [-0.1, -0.05) is 0 Å². The second kappa shape index (κ2) is 5.04. The van der Waals surface area contributed by atoms with Crippen molar-refractivity contribution >= 4 is 11.6 Å². The Morgan fingerprint density at radius 3 is 2.72 bits per heavy atom. The molecule has 0 aromatic carbocycles. The summed E-state index contributed by atoms with van der Waals surface area (Å²) in [6.07, 6.45) is 1.60. The SMILES string of the molecule is CC(C)(C(=O)c1cccnc1N)N1CCNCC1. The number of nitrogens with one attached hydrogen (secondary N) is 1. The summed E-state index contributed by atoms with van der Waals surface area (Å²) in [4.78, 5) is 18.8. The van der Waals surface area contributed by atoms with Gasteiger partial charge < -0.3 is 11.1 Å². The summed E-state index contributed by atoms with van der Waals surface area (Å²) in [5.41, 5.74) is 5.76. The largest absolute Gasteiger partial charge is 0.383 e. The summed E-state index contributed by atoms with van der Waals surface area (Å²) < 4.78 is 0. The average Bonchev–Trinajstić information content (AvgIpc) is 2.39. The van der Waals surface area contributed by atoms with Gasteiger partial charge in [0.2, 0.25) is 0 Å².